The van der Waals surface area contributed by atoms with E-state index in [0.717, 1.165) is 11.1 Å². The van der Waals surface area contributed by atoms with Crippen LogP contribution in [0.2, 0.25) is 0 Å². The van der Waals surface area contributed by atoms with Crippen LogP contribution in [-0.4, -0.2) is 5.91 Å². The van der Waals surface area contributed by atoms with Crippen LogP contribution >= 0.6 is 0 Å². The molecule has 1 atom stereocenters. The minimum atomic E-state index is 0.0447. The van der Waals surface area contributed by atoms with Gasteiger partial charge in [-0.3, -0.25) is 4.79 Å². The number of amides is 1. The van der Waals surface area contributed by atoms with Crippen molar-refractivity contribution in [1.29, 1.82) is 0 Å². The third-order valence-corrected chi connectivity index (χ3v) is 3.00. The molecule has 0 saturated carbocycles. The summed E-state index contributed by atoms with van der Waals surface area (Å²) in [5.74, 6) is 0.0447. The van der Waals surface area contributed by atoms with Gasteiger partial charge in [0.1, 0.15) is 0 Å². The molecule has 2 aromatic rings. The Morgan fingerprint density at radius 2 is 1.93 bits per heavy atom. The van der Waals surface area contributed by atoms with E-state index in [1.54, 1.807) is 0 Å². The molecule has 15 heavy (non-hydrogen) atoms. The molecule has 3 rings (SSSR count). The van der Waals surface area contributed by atoms with Crippen LogP contribution in [0.5, 0.6) is 0 Å². The van der Waals surface area contributed by atoms with Crippen molar-refractivity contribution in [2.24, 2.45) is 0 Å². The summed E-state index contributed by atoms with van der Waals surface area (Å²) in [6, 6.07) is 12.2. The first-order valence-electron chi connectivity index (χ1n) is 5.10. The zero-order valence-electron chi connectivity index (χ0n) is 8.45. The number of hydrogen-bond acceptors (Lipinski definition) is 1. The first-order chi connectivity index (χ1) is 7.27. The molecule has 1 heterocycles. The molecule has 1 aliphatic rings. The molecule has 1 N–H and O–H groups in total. The van der Waals surface area contributed by atoms with E-state index in [-0.39, 0.29) is 11.9 Å². The lowest BCUT2D eigenvalue weighted by atomic mass is 9.97. The predicted molar refractivity (Wildman–Crippen MR) is 59.8 cm³/mol. The van der Waals surface area contributed by atoms with Crippen LogP contribution in [0.25, 0.3) is 10.8 Å². The van der Waals surface area contributed by atoms with Crippen molar-refractivity contribution in [3.8, 4) is 0 Å². The zero-order valence-corrected chi connectivity index (χ0v) is 8.45. The van der Waals surface area contributed by atoms with Gasteiger partial charge in [0.05, 0.1) is 6.04 Å². The second-order valence-corrected chi connectivity index (χ2v) is 3.94. The van der Waals surface area contributed by atoms with Crippen LogP contribution in [-0.2, 0) is 0 Å². The number of hydrogen-bond donors (Lipinski definition) is 1. The van der Waals surface area contributed by atoms with E-state index in [1.807, 2.05) is 31.2 Å². The molecular weight excluding hydrogens is 186 g/mol. The normalized spacial score (nSPS) is 19.0. The third kappa shape index (κ3) is 1.08. The molecule has 1 aliphatic heterocycles. The lowest BCUT2D eigenvalue weighted by Crippen LogP contribution is -2.16. The molecule has 0 fully saturated rings. The van der Waals surface area contributed by atoms with Gasteiger partial charge in [-0.25, -0.2) is 0 Å². The molecule has 1 unspecified atom stereocenters. The van der Waals surface area contributed by atoms with E-state index in [2.05, 4.69) is 17.4 Å². The lowest BCUT2D eigenvalue weighted by Gasteiger charge is -2.07. The molecule has 0 radical (unpaired) electrons. The third-order valence-electron chi connectivity index (χ3n) is 3.00. The first-order valence-corrected chi connectivity index (χ1v) is 5.10. The number of rotatable bonds is 0. The second-order valence-electron chi connectivity index (χ2n) is 3.94. The SMILES string of the molecule is CC1NC(=O)c2ccc3ccccc3c21. The average Bonchev–Trinajstić information content (AvgIpc) is 2.55. The van der Waals surface area contributed by atoms with Crippen LogP contribution in [0.15, 0.2) is 36.4 Å². The van der Waals surface area contributed by atoms with Gasteiger partial charge in [-0.05, 0) is 29.3 Å². The molecule has 0 aliphatic carbocycles. The van der Waals surface area contributed by atoms with Gasteiger partial charge in [-0.15, -0.1) is 0 Å². The topological polar surface area (TPSA) is 29.1 Å². The number of benzene rings is 2. The summed E-state index contributed by atoms with van der Waals surface area (Å²) in [6.45, 7) is 2.02. The minimum absolute atomic E-state index is 0.0447. The molecule has 0 spiro atoms. The van der Waals surface area contributed by atoms with Gasteiger partial charge in [0, 0.05) is 5.56 Å². The van der Waals surface area contributed by atoms with Crippen LogP contribution in [0, 0.1) is 0 Å². The van der Waals surface area contributed by atoms with Gasteiger partial charge >= 0.3 is 0 Å². The molecule has 0 saturated heterocycles. The summed E-state index contributed by atoms with van der Waals surface area (Å²) >= 11 is 0. The van der Waals surface area contributed by atoms with Gasteiger partial charge < -0.3 is 5.32 Å². The molecule has 0 bridgehead atoms. The van der Waals surface area contributed by atoms with Crippen LogP contribution in [0.4, 0.5) is 0 Å². The monoisotopic (exact) mass is 197 g/mol. The fourth-order valence-corrected chi connectivity index (χ4v) is 2.31. The average molecular weight is 197 g/mol. The highest BCUT2D eigenvalue weighted by atomic mass is 16.2. The highest BCUT2D eigenvalue weighted by Crippen LogP contribution is 2.31. The molecule has 2 aromatic carbocycles. The summed E-state index contributed by atoms with van der Waals surface area (Å²) in [5, 5.41) is 5.31. The van der Waals surface area contributed by atoms with Gasteiger partial charge in [0.2, 0.25) is 0 Å². The summed E-state index contributed by atoms with van der Waals surface area (Å²) in [7, 11) is 0. The smallest absolute Gasteiger partial charge is 0.252 e. The second kappa shape index (κ2) is 2.83. The van der Waals surface area contributed by atoms with E-state index in [1.165, 1.54) is 10.8 Å². The Balaban J connectivity index is 2.44. The minimum Gasteiger partial charge on any atom is -0.345 e. The number of nitrogens with one attached hydrogen (secondary N) is 1. The summed E-state index contributed by atoms with van der Waals surface area (Å²) in [6.07, 6.45) is 0. The number of carbonyl (C=O) groups is 1. The Hall–Kier alpha value is -1.83. The van der Waals surface area contributed by atoms with Gasteiger partial charge in [-0.2, -0.15) is 0 Å². The quantitative estimate of drug-likeness (QED) is 0.691. The van der Waals surface area contributed by atoms with Crippen molar-refractivity contribution >= 4 is 16.7 Å². The van der Waals surface area contributed by atoms with E-state index >= 15 is 0 Å². The van der Waals surface area contributed by atoms with E-state index in [4.69, 9.17) is 0 Å². The van der Waals surface area contributed by atoms with Crippen molar-refractivity contribution in [3.63, 3.8) is 0 Å². The van der Waals surface area contributed by atoms with E-state index < -0.39 is 0 Å². The van der Waals surface area contributed by atoms with Crippen LogP contribution in [0.1, 0.15) is 28.9 Å². The van der Waals surface area contributed by atoms with Crippen molar-refractivity contribution in [3.05, 3.63) is 47.5 Å². The Morgan fingerprint density at radius 3 is 2.80 bits per heavy atom. The number of carbonyl (C=O) groups excluding carboxylic acids is 1. The maximum absolute atomic E-state index is 11.6. The highest BCUT2D eigenvalue weighted by Gasteiger charge is 2.26. The van der Waals surface area contributed by atoms with Gasteiger partial charge in [-0.1, -0.05) is 30.3 Å². The Bertz CT molecular complexity index is 559. The lowest BCUT2D eigenvalue weighted by molar-refractivity contribution is 0.0958. The summed E-state index contributed by atoms with van der Waals surface area (Å²) in [4.78, 5) is 11.6. The summed E-state index contributed by atoms with van der Waals surface area (Å²) in [5.41, 5.74) is 1.96. The Kier molecular flexibility index (Phi) is 1.60. The van der Waals surface area contributed by atoms with Crippen molar-refractivity contribution in [2.45, 2.75) is 13.0 Å². The maximum Gasteiger partial charge on any atom is 0.252 e. The fraction of sp³-hybridized carbons (Fsp3) is 0.154. The summed E-state index contributed by atoms with van der Waals surface area (Å²) < 4.78 is 0. The van der Waals surface area contributed by atoms with Crippen LogP contribution in [0.3, 0.4) is 0 Å². The predicted octanol–water partition coefficient (Wildman–Crippen LogP) is 2.64. The fourth-order valence-electron chi connectivity index (χ4n) is 2.31. The zero-order chi connectivity index (χ0) is 10.4. The van der Waals surface area contributed by atoms with Crippen molar-refractivity contribution in [1.82, 2.24) is 5.32 Å². The molecule has 0 aromatic heterocycles. The molecular formula is C13H11NO. The van der Waals surface area contributed by atoms with Gasteiger partial charge in [0.15, 0.2) is 0 Å². The largest absolute Gasteiger partial charge is 0.345 e. The Labute approximate surface area is 87.9 Å². The molecule has 74 valence electrons. The first kappa shape index (κ1) is 8.48. The highest BCUT2D eigenvalue weighted by molar-refractivity contribution is 6.05. The maximum atomic E-state index is 11.6. The molecule has 2 nitrogen and oxygen atoms in total. The van der Waals surface area contributed by atoms with E-state index in [9.17, 15) is 4.79 Å². The standard InChI is InChI=1S/C13H11NO/c1-8-12-10-5-3-2-4-9(10)6-7-11(12)13(15)14-8/h2-8H,1H3,(H,14,15). The molecule has 1 amide bonds. The number of fused-ring (bicyclic) bond motifs is 3. The van der Waals surface area contributed by atoms with Crippen LogP contribution < -0.4 is 5.32 Å². The molecule has 2 heteroatoms. The van der Waals surface area contributed by atoms with Crippen molar-refractivity contribution in [2.75, 3.05) is 0 Å². The van der Waals surface area contributed by atoms with E-state index in [0.29, 0.717) is 0 Å². The Morgan fingerprint density at radius 1 is 1.13 bits per heavy atom. The van der Waals surface area contributed by atoms with Gasteiger partial charge in [0.25, 0.3) is 5.91 Å². The van der Waals surface area contributed by atoms with Crippen molar-refractivity contribution < 1.29 is 4.79 Å².